The normalized spacial score (nSPS) is 8.64. The number of hydrogen-bond donors (Lipinski definition) is 0. The highest BCUT2D eigenvalue weighted by Gasteiger charge is 2.07. The van der Waals surface area contributed by atoms with Crippen molar-refractivity contribution in [1.29, 1.82) is 0 Å². The molecule has 0 saturated heterocycles. The fourth-order valence-electron chi connectivity index (χ4n) is 0.816. The first kappa shape index (κ1) is 9.95. The number of benzene rings is 1. The quantitative estimate of drug-likeness (QED) is 0.311. The van der Waals surface area contributed by atoms with E-state index in [9.17, 15) is 9.59 Å². The second kappa shape index (κ2) is 4.79. The lowest BCUT2D eigenvalue weighted by Crippen LogP contribution is -2.07. The van der Waals surface area contributed by atoms with Crippen LogP contribution in [-0.4, -0.2) is 19.3 Å². The Morgan fingerprint density at radius 1 is 1.43 bits per heavy atom. The Balaban J connectivity index is 2.95. The molecule has 0 radical (unpaired) electrons. The van der Waals surface area contributed by atoms with E-state index >= 15 is 0 Å². The Morgan fingerprint density at radius 2 is 2.14 bits per heavy atom. The summed E-state index contributed by atoms with van der Waals surface area (Å²) in [5.41, 5.74) is 0.230. The maximum absolute atomic E-state index is 10.8. The molecule has 0 aromatic heterocycles. The van der Waals surface area contributed by atoms with Crippen LogP contribution in [0.15, 0.2) is 29.3 Å². The van der Waals surface area contributed by atoms with Crippen LogP contribution in [0.1, 0.15) is 0 Å². The summed E-state index contributed by atoms with van der Waals surface area (Å²) in [6, 6.07) is 6.30. The lowest BCUT2D eigenvalue weighted by atomic mass is 10.3. The van der Waals surface area contributed by atoms with Gasteiger partial charge in [0.2, 0.25) is 6.08 Å². The molecule has 0 atom stereocenters. The van der Waals surface area contributed by atoms with E-state index in [2.05, 4.69) is 9.73 Å². The summed E-state index contributed by atoms with van der Waals surface area (Å²) in [5.74, 6) is 0.155. The van der Waals surface area contributed by atoms with Crippen molar-refractivity contribution >= 4 is 17.9 Å². The van der Waals surface area contributed by atoms with Crippen molar-refractivity contribution in [2.45, 2.75) is 0 Å². The molecule has 0 heterocycles. The van der Waals surface area contributed by atoms with Crippen molar-refractivity contribution in [3.05, 3.63) is 24.3 Å². The topological polar surface area (TPSA) is 65.0 Å². The number of isocyanates is 1. The van der Waals surface area contributed by atoms with Crippen molar-refractivity contribution in [1.82, 2.24) is 0 Å². The first-order chi connectivity index (χ1) is 6.77. The maximum atomic E-state index is 10.8. The van der Waals surface area contributed by atoms with Crippen LogP contribution in [0, 0.1) is 0 Å². The Bertz CT molecular complexity index is 382. The van der Waals surface area contributed by atoms with Gasteiger partial charge in [0.05, 0.1) is 7.11 Å². The predicted molar refractivity (Wildman–Crippen MR) is 47.3 cm³/mol. The summed E-state index contributed by atoms with van der Waals surface area (Å²) in [7, 11) is 1.19. The standard InChI is InChI=1S/C9H7NO4/c1-13-9(12)14-8-5-3-2-4-7(8)10-6-11/h2-5H,1H3. The van der Waals surface area contributed by atoms with Gasteiger partial charge in [-0.1, -0.05) is 12.1 Å². The molecule has 72 valence electrons. The van der Waals surface area contributed by atoms with E-state index < -0.39 is 6.16 Å². The maximum Gasteiger partial charge on any atom is 0.513 e. The summed E-state index contributed by atoms with van der Waals surface area (Å²) in [5, 5.41) is 0. The molecule has 5 nitrogen and oxygen atoms in total. The van der Waals surface area contributed by atoms with Gasteiger partial charge in [0.25, 0.3) is 0 Å². The van der Waals surface area contributed by atoms with Gasteiger partial charge in [-0.3, -0.25) is 0 Å². The summed E-state index contributed by atoms with van der Waals surface area (Å²) in [6.45, 7) is 0. The Morgan fingerprint density at radius 3 is 2.79 bits per heavy atom. The van der Waals surface area contributed by atoms with Gasteiger partial charge in [-0.25, -0.2) is 9.59 Å². The first-order valence-corrected chi connectivity index (χ1v) is 3.70. The van der Waals surface area contributed by atoms with Gasteiger partial charge >= 0.3 is 6.16 Å². The monoisotopic (exact) mass is 193 g/mol. The highest BCUT2D eigenvalue weighted by atomic mass is 16.7. The van der Waals surface area contributed by atoms with Crippen molar-refractivity contribution < 1.29 is 19.1 Å². The fourth-order valence-corrected chi connectivity index (χ4v) is 0.816. The molecule has 0 aliphatic carbocycles. The van der Waals surface area contributed by atoms with Crippen LogP contribution in [0.4, 0.5) is 10.5 Å². The molecule has 0 saturated carbocycles. The molecular formula is C9H7NO4. The minimum atomic E-state index is -0.862. The number of ether oxygens (including phenoxy) is 2. The van der Waals surface area contributed by atoms with Crippen molar-refractivity contribution in [3.63, 3.8) is 0 Å². The van der Waals surface area contributed by atoms with Gasteiger partial charge in [-0.15, -0.1) is 0 Å². The SMILES string of the molecule is COC(=O)Oc1ccccc1N=C=O. The number of hydrogen-bond acceptors (Lipinski definition) is 5. The van der Waals surface area contributed by atoms with E-state index in [1.54, 1.807) is 12.1 Å². The van der Waals surface area contributed by atoms with Crippen molar-refractivity contribution in [2.24, 2.45) is 4.99 Å². The fraction of sp³-hybridized carbons (Fsp3) is 0.111. The van der Waals surface area contributed by atoms with E-state index in [0.29, 0.717) is 0 Å². The molecule has 14 heavy (non-hydrogen) atoms. The van der Waals surface area contributed by atoms with Crippen LogP contribution in [-0.2, 0) is 9.53 Å². The van der Waals surface area contributed by atoms with Crippen molar-refractivity contribution in [2.75, 3.05) is 7.11 Å². The van der Waals surface area contributed by atoms with Gasteiger partial charge in [-0.05, 0) is 12.1 Å². The van der Waals surface area contributed by atoms with E-state index in [1.165, 1.54) is 25.3 Å². The van der Waals surface area contributed by atoms with Gasteiger partial charge in [-0.2, -0.15) is 4.99 Å². The zero-order chi connectivity index (χ0) is 10.4. The summed E-state index contributed by atoms with van der Waals surface area (Å²) in [4.78, 5) is 24.1. The number of rotatable bonds is 2. The number of nitrogens with zero attached hydrogens (tertiary/aromatic N) is 1. The van der Waals surface area contributed by atoms with E-state index in [1.807, 2.05) is 0 Å². The van der Waals surface area contributed by atoms with Crippen molar-refractivity contribution in [3.8, 4) is 5.75 Å². The zero-order valence-corrected chi connectivity index (χ0v) is 7.39. The van der Waals surface area contributed by atoms with E-state index in [4.69, 9.17) is 4.74 Å². The predicted octanol–water partition coefficient (Wildman–Crippen LogP) is 1.80. The minimum Gasteiger partial charge on any atom is -0.437 e. The largest absolute Gasteiger partial charge is 0.513 e. The van der Waals surface area contributed by atoms with Crippen LogP contribution < -0.4 is 4.74 Å². The second-order valence-electron chi connectivity index (χ2n) is 2.23. The van der Waals surface area contributed by atoms with E-state index in [-0.39, 0.29) is 11.4 Å². The molecule has 0 N–H and O–H groups in total. The molecule has 1 aromatic carbocycles. The summed E-state index contributed by atoms with van der Waals surface area (Å²) in [6.07, 6.45) is 0.496. The Labute approximate surface area is 80.0 Å². The summed E-state index contributed by atoms with van der Waals surface area (Å²) < 4.78 is 9.00. The van der Waals surface area contributed by atoms with Crippen LogP contribution >= 0.6 is 0 Å². The molecule has 0 bridgehead atoms. The number of aliphatic imine (C=N–C) groups is 1. The number of carbonyl (C=O) groups is 1. The highest BCUT2D eigenvalue weighted by Crippen LogP contribution is 2.26. The molecule has 5 heteroatoms. The van der Waals surface area contributed by atoms with Gasteiger partial charge in [0, 0.05) is 0 Å². The van der Waals surface area contributed by atoms with Gasteiger partial charge < -0.3 is 9.47 Å². The third-order valence-corrected chi connectivity index (χ3v) is 1.39. The smallest absolute Gasteiger partial charge is 0.437 e. The highest BCUT2D eigenvalue weighted by molar-refractivity contribution is 5.68. The average Bonchev–Trinajstić information content (AvgIpc) is 2.21. The molecule has 0 fully saturated rings. The first-order valence-electron chi connectivity index (χ1n) is 3.70. The molecule has 0 aliphatic rings. The molecule has 1 aromatic rings. The van der Waals surface area contributed by atoms with Crippen LogP contribution in [0.2, 0.25) is 0 Å². The Hall–Kier alpha value is -2.13. The lowest BCUT2D eigenvalue weighted by molar-refractivity contribution is 0.121. The van der Waals surface area contributed by atoms with Crippen LogP contribution in [0.5, 0.6) is 5.75 Å². The summed E-state index contributed by atoms with van der Waals surface area (Å²) >= 11 is 0. The van der Waals surface area contributed by atoms with Crippen LogP contribution in [0.25, 0.3) is 0 Å². The van der Waals surface area contributed by atoms with Gasteiger partial charge in [0.15, 0.2) is 5.75 Å². The molecule has 0 aliphatic heterocycles. The minimum absolute atomic E-state index is 0.155. The average molecular weight is 193 g/mol. The molecule has 0 unspecified atom stereocenters. The molecule has 0 amide bonds. The third-order valence-electron chi connectivity index (χ3n) is 1.39. The molecule has 0 spiro atoms. The lowest BCUT2D eigenvalue weighted by Gasteiger charge is -2.03. The zero-order valence-electron chi connectivity index (χ0n) is 7.39. The molecular weight excluding hydrogens is 186 g/mol. The number of para-hydroxylation sites is 2. The number of methoxy groups -OCH3 is 1. The van der Waals surface area contributed by atoms with E-state index in [0.717, 1.165) is 0 Å². The van der Waals surface area contributed by atoms with Gasteiger partial charge in [0.1, 0.15) is 5.69 Å². The molecule has 1 rings (SSSR count). The number of carbonyl (C=O) groups excluding carboxylic acids is 2. The van der Waals surface area contributed by atoms with Crippen LogP contribution in [0.3, 0.4) is 0 Å². The second-order valence-corrected chi connectivity index (χ2v) is 2.23. The third kappa shape index (κ3) is 2.43. The Kier molecular flexibility index (Phi) is 3.41.